The van der Waals surface area contributed by atoms with Gasteiger partial charge in [-0.25, -0.2) is 4.98 Å². The average Bonchev–Trinajstić information content (AvgIpc) is 2.94. The van der Waals surface area contributed by atoms with E-state index in [4.69, 9.17) is 10.5 Å². The van der Waals surface area contributed by atoms with Gasteiger partial charge in [0.05, 0.1) is 12.6 Å². The Morgan fingerprint density at radius 3 is 3.15 bits per heavy atom. The fraction of sp³-hybridized carbons (Fsp3) is 0.438. The first kappa shape index (κ1) is 13.2. The van der Waals surface area contributed by atoms with Crippen LogP contribution in [0.25, 0.3) is 0 Å². The molecule has 0 fully saturated rings. The highest BCUT2D eigenvalue weighted by Gasteiger charge is 2.28. The smallest absolute Gasteiger partial charge is 0.126 e. The van der Waals surface area contributed by atoms with Crippen molar-refractivity contribution in [2.45, 2.75) is 32.4 Å². The van der Waals surface area contributed by atoms with Crippen LogP contribution in [0.5, 0.6) is 5.75 Å². The molecule has 0 radical (unpaired) electrons. The number of aryl methyl sites for hydroxylation is 1. The zero-order valence-corrected chi connectivity index (χ0v) is 11.8. The van der Waals surface area contributed by atoms with Gasteiger partial charge in [-0.1, -0.05) is 25.1 Å². The summed E-state index contributed by atoms with van der Waals surface area (Å²) in [7, 11) is 0. The second kappa shape index (κ2) is 5.67. The van der Waals surface area contributed by atoms with Crippen molar-refractivity contribution >= 4 is 0 Å². The van der Waals surface area contributed by atoms with Crippen LogP contribution < -0.4 is 10.5 Å². The third kappa shape index (κ3) is 2.43. The van der Waals surface area contributed by atoms with Crippen molar-refractivity contribution in [1.29, 1.82) is 0 Å². The van der Waals surface area contributed by atoms with E-state index in [9.17, 15) is 0 Å². The van der Waals surface area contributed by atoms with E-state index in [-0.39, 0.29) is 12.0 Å². The highest BCUT2D eigenvalue weighted by Crippen LogP contribution is 2.32. The van der Waals surface area contributed by atoms with Gasteiger partial charge in [0, 0.05) is 24.9 Å². The molecule has 2 aromatic rings. The second-order valence-corrected chi connectivity index (χ2v) is 5.39. The zero-order valence-electron chi connectivity index (χ0n) is 11.8. The molecule has 4 nitrogen and oxygen atoms in total. The van der Waals surface area contributed by atoms with Crippen LogP contribution in [0.1, 0.15) is 30.8 Å². The minimum Gasteiger partial charge on any atom is -0.493 e. The van der Waals surface area contributed by atoms with Crippen LogP contribution in [0.2, 0.25) is 0 Å². The molecule has 0 bridgehead atoms. The third-order valence-corrected chi connectivity index (χ3v) is 3.93. The molecule has 2 atom stereocenters. The number of para-hydroxylation sites is 1. The lowest BCUT2D eigenvalue weighted by molar-refractivity contribution is 0.195. The summed E-state index contributed by atoms with van der Waals surface area (Å²) in [4.78, 5) is 4.45. The van der Waals surface area contributed by atoms with Gasteiger partial charge < -0.3 is 15.0 Å². The van der Waals surface area contributed by atoms with Crippen molar-refractivity contribution in [3.05, 3.63) is 48.0 Å². The number of hydrogen-bond donors (Lipinski definition) is 1. The van der Waals surface area contributed by atoms with Crippen molar-refractivity contribution in [2.24, 2.45) is 11.7 Å². The molecule has 2 N–H and O–H groups in total. The van der Waals surface area contributed by atoms with E-state index in [1.54, 1.807) is 0 Å². The maximum Gasteiger partial charge on any atom is 0.126 e. The van der Waals surface area contributed by atoms with Gasteiger partial charge in [0.2, 0.25) is 0 Å². The standard InChI is InChI=1S/C16H21N3O/c1-2-8-19-9-7-18-16(19)15(17)13-10-12-5-3-4-6-14(12)20-11-13/h3-7,9,13,15H,2,8,10-11,17H2,1H3. The number of benzene rings is 1. The van der Waals surface area contributed by atoms with Gasteiger partial charge in [-0.3, -0.25) is 0 Å². The SMILES string of the molecule is CCCn1ccnc1C(N)C1COc2ccccc2C1. The molecule has 1 aromatic heterocycles. The van der Waals surface area contributed by atoms with Gasteiger partial charge >= 0.3 is 0 Å². The highest BCUT2D eigenvalue weighted by molar-refractivity contribution is 5.35. The van der Waals surface area contributed by atoms with E-state index in [1.165, 1.54) is 5.56 Å². The van der Waals surface area contributed by atoms with E-state index < -0.39 is 0 Å². The predicted molar refractivity (Wildman–Crippen MR) is 78.6 cm³/mol. The summed E-state index contributed by atoms with van der Waals surface area (Å²) in [5.41, 5.74) is 7.68. The lowest BCUT2D eigenvalue weighted by atomic mass is 9.90. The summed E-state index contributed by atoms with van der Waals surface area (Å²) < 4.78 is 8.00. The number of nitrogens with two attached hydrogens (primary N) is 1. The number of hydrogen-bond acceptors (Lipinski definition) is 3. The number of rotatable bonds is 4. The monoisotopic (exact) mass is 271 g/mol. The Kier molecular flexibility index (Phi) is 3.74. The van der Waals surface area contributed by atoms with E-state index in [0.717, 1.165) is 31.0 Å². The molecule has 0 aliphatic carbocycles. The van der Waals surface area contributed by atoms with Crippen LogP contribution in [0.3, 0.4) is 0 Å². The van der Waals surface area contributed by atoms with Crippen LogP contribution in [0.4, 0.5) is 0 Å². The van der Waals surface area contributed by atoms with Gasteiger partial charge in [-0.2, -0.15) is 0 Å². The molecule has 0 spiro atoms. The molecule has 106 valence electrons. The van der Waals surface area contributed by atoms with E-state index in [0.29, 0.717) is 6.61 Å². The number of aromatic nitrogens is 2. The van der Waals surface area contributed by atoms with E-state index in [2.05, 4.69) is 22.5 Å². The zero-order chi connectivity index (χ0) is 13.9. The molecule has 1 aromatic carbocycles. The molecule has 20 heavy (non-hydrogen) atoms. The first-order valence-corrected chi connectivity index (χ1v) is 7.27. The Morgan fingerprint density at radius 2 is 2.30 bits per heavy atom. The lowest BCUT2D eigenvalue weighted by Crippen LogP contribution is -2.33. The molecule has 1 aliphatic rings. The van der Waals surface area contributed by atoms with Gasteiger partial charge in [0.1, 0.15) is 11.6 Å². The normalized spacial score (nSPS) is 19.2. The van der Waals surface area contributed by atoms with Crippen LogP contribution in [-0.2, 0) is 13.0 Å². The molecule has 1 aliphatic heterocycles. The van der Waals surface area contributed by atoms with Gasteiger partial charge in [-0.05, 0) is 24.5 Å². The van der Waals surface area contributed by atoms with Crippen LogP contribution in [0, 0.1) is 5.92 Å². The number of nitrogens with zero attached hydrogens (tertiary/aromatic N) is 2. The summed E-state index contributed by atoms with van der Waals surface area (Å²) in [5.74, 6) is 2.25. The van der Waals surface area contributed by atoms with Crippen molar-refractivity contribution in [2.75, 3.05) is 6.61 Å². The van der Waals surface area contributed by atoms with E-state index >= 15 is 0 Å². The Balaban J connectivity index is 1.78. The molecule has 4 heteroatoms. The van der Waals surface area contributed by atoms with Crippen molar-refractivity contribution in [3.8, 4) is 5.75 Å². The quantitative estimate of drug-likeness (QED) is 0.929. The molecular weight excluding hydrogens is 250 g/mol. The minimum absolute atomic E-state index is 0.0788. The Labute approximate surface area is 119 Å². The average molecular weight is 271 g/mol. The summed E-state index contributed by atoms with van der Waals surface area (Å²) in [6, 6.07) is 8.12. The van der Waals surface area contributed by atoms with Gasteiger partial charge in [-0.15, -0.1) is 0 Å². The summed E-state index contributed by atoms with van der Waals surface area (Å²) in [6.45, 7) is 3.79. The third-order valence-electron chi connectivity index (χ3n) is 3.93. The molecular formula is C16H21N3O. The number of imidazole rings is 1. The first-order chi connectivity index (χ1) is 9.79. The molecule has 2 heterocycles. The van der Waals surface area contributed by atoms with E-state index in [1.807, 2.05) is 30.6 Å². The van der Waals surface area contributed by atoms with Crippen LogP contribution in [-0.4, -0.2) is 16.2 Å². The highest BCUT2D eigenvalue weighted by atomic mass is 16.5. The first-order valence-electron chi connectivity index (χ1n) is 7.27. The maximum absolute atomic E-state index is 6.44. The molecule has 0 amide bonds. The predicted octanol–water partition coefficient (Wildman–Crippen LogP) is 2.54. The molecule has 0 saturated carbocycles. The summed E-state index contributed by atoms with van der Waals surface area (Å²) in [6.07, 6.45) is 5.88. The Hall–Kier alpha value is -1.81. The molecule has 3 rings (SSSR count). The van der Waals surface area contributed by atoms with Crippen LogP contribution in [0.15, 0.2) is 36.7 Å². The second-order valence-electron chi connectivity index (χ2n) is 5.39. The summed E-state index contributed by atoms with van der Waals surface area (Å²) >= 11 is 0. The molecule has 0 saturated heterocycles. The fourth-order valence-corrected chi connectivity index (χ4v) is 2.84. The van der Waals surface area contributed by atoms with Crippen molar-refractivity contribution in [1.82, 2.24) is 9.55 Å². The van der Waals surface area contributed by atoms with Gasteiger partial charge in [0.25, 0.3) is 0 Å². The van der Waals surface area contributed by atoms with Crippen LogP contribution >= 0.6 is 0 Å². The van der Waals surface area contributed by atoms with Crippen molar-refractivity contribution < 1.29 is 4.74 Å². The largest absolute Gasteiger partial charge is 0.493 e. The lowest BCUT2D eigenvalue weighted by Gasteiger charge is -2.29. The topological polar surface area (TPSA) is 53.1 Å². The minimum atomic E-state index is -0.0788. The number of ether oxygens (including phenoxy) is 1. The number of fused-ring (bicyclic) bond motifs is 1. The Morgan fingerprint density at radius 1 is 1.45 bits per heavy atom. The fourth-order valence-electron chi connectivity index (χ4n) is 2.84. The van der Waals surface area contributed by atoms with Crippen molar-refractivity contribution in [3.63, 3.8) is 0 Å². The Bertz CT molecular complexity index is 579. The summed E-state index contributed by atoms with van der Waals surface area (Å²) in [5, 5.41) is 0. The van der Waals surface area contributed by atoms with Gasteiger partial charge in [0.15, 0.2) is 0 Å². The molecule has 2 unspecified atom stereocenters. The maximum atomic E-state index is 6.44.